The molecule has 1 heterocycles. The van der Waals surface area contributed by atoms with Crippen LogP contribution in [0.2, 0.25) is 0 Å². The van der Waals surface area contributed by atoms with Gasteiger partial charge in [0, 0.05) is 7.11 Å². The van der Waals surface area contributed by atoms with Crippen LogP contribution >= 0.6 is 0 Å². The highest BCUT2D eigenvalue weighted by Gasteiger charge is 2.51. The van der Waals surface area contributed by atoms with Gasteiger partial charge in [-0.15, -0.1) is 0 Å². The minimum absolute atomic E-state index is 0.00837. The standard InChI is InChI=1S/C23H23F4N3O5/c1-3-22(14-4-7-16(24)8-5-14)20(32)30(21(33)29-22)13-19(31)28-17-12-15(23(25,26)27)6-9-18(17)35-11-10-34-2/h4-9,12H,3,10-11,13H2,1-2H3,(H,28,31)(H,29,33)/t22-/m0/s1. The van der Waals surface area contributed by atoms with Crippen LogP contribution in [0.25, 0.3) is 0 Å². The Hall–Kier alpha value is -3.67. The van der Waals surface area contributed by atoms with Gasteiger partial charge < -0.3 is 20.1 Å². The van der Waals surface area contributed by atoms with E-state index < -0.39 is 47.5 Å². The largest absolute Gasteiger partial charge is 0.489 e. The molecule has 1 aliphatic rings. The molecule has 0 spiro atoms. The van der Waals surface area contributed by atoms with Gasteiger partial charge in [0.15, 0.2) is 0 Å². The Morgan fingerprint density at radius 1 is 1.11 bits per heavy atom. The Morgan fingerprint density at radius 2 is 1.80 bits per heavy atom. The van der Waals surface area contributed by atoms with Crippen LogP contribution in [0.15, 0.2) is 42.5 Å². The number of amides is 4. The number of ether oxygens (including phenoxy) is 2. The fourth-order valence-corrected chi connectivity index (χ4v) is 3.64. The summed E-state index contributed by atoms with van der Waals surface area (Å²) in [6.07, 6.45) is -4.56. The molecule has 0 saturated carbocycles. The molecule has 4 amide bonds. The number of nitrogens with zero attached hydrogens (tertiary/aromatic N) is 1. The van der Waals surface area contributed by atoms with E-state index in [9.17, 15) is 31.9 Å². The van der Waals surface area contributed by atoms with Crippen molar-refractivity contribution in [2.24, 2.45) is 0 Å². The molecular weight excluding hydrogens is 474 g/mol. The molecule has 1 atom stereocenters. The Morgan fingerprint density at radius 3 is 2.40 bits per heavy atom. The molecule has 12 heteroatoms. The van der Waals surface area contributed by atoms with Crippen molar-refractivity contribution in [1.29, 1.82) is 0 Å². The minimum atomic E-state index is -4.68. The first-order valence-electron chi connectivity index (χ1n) is 10.5. The predicted octanol–water partition coefficient (Wildman–Crippen LogP) is 3.67. The highest BCUT2D eigenvalue weighted by Crippen LogP contribution is 2.36. The number of carbonyl (C=O) groups is 3. The number of nitrogens with one attached hydrogen (secondary N) is 2. The van der Waals surface area contributed by atoms with Crippen molar-refractivity contribution in [3.63, 3.8) is 0 Å². The van der Waals surface area contributed by atoms with Gasteiger partial charge in [-0.1, -0.05) is 19.1 Å². The summed E-state index contributed by atoms with van der Waals surface area (Å²) in [5.74, 6) is -2.24. The normalized spacial score (nSPS) is 17.9. The smallest absolute Gasteiger partial charge is 0.416 e. The molecule has 3 rings (SSSR count). The van der Waals surface area contributed by atoms with E-state index >= 15 is 0 Å². The molecule has 2 aromatic rings. The van der Waals surface area contributed by atoms with E-state index in [-0.39, 0.29) is 31.1 Å². The molecule has 2 N–H and O–H groups in total. The Bertz CT molecular complexity index is 1110. The first-order valence-corrected chi connectivity index (χ1v) is 10.5. The number of methoxy groups -OCH3 is 1. The van der Waals surface area contributed by atoms with Crippen LogP contribution in [0.3, 0.4) is 0 Å². The Balaban J connectivity index is 1.81. The zero-order chi connectivity index (χ0) is 25.8. The van der Waals surface area contributed by atoms with Crippen LogP contribution < -0.4 is 15.4 Å². The lowest BCUT2D eigenvalue weighted by Crippen LogP contribution is -2.44. The molecule has 1 aliphatic heterocycles. The average Bonchev–Trinajstić information content (AvgIpc) is 3.05. The highest BCUT2D eigenvalue weighted by molar-refractivity contribution is 6.10. The van der Waals surface area contributed by atoms with Crippen LogP contribution in [-0.4, -0.2) is 49.6 Å². The van der Waals surface area contributed by atoms with E-state index in [1.165, 1.54) is 19.2 Å². The summed E-state index contributed by atoms with van der Waals surface area (Å²) in [5, 5.41) is 4.83. The van der Waals surface area contributed by atoms with Crippen LogP contribution in [0.5, 0.6) is 5.75 Å². The Kier molecular flexibility index (Phi) is 7.64. The van der Waals surface area contributed by atoms with E-state index in [1.807, 2.05) is 0 Å². The summed E-state index contributed by atoms with van der Waals surface area (Å²) >= 11 is 0. The second-order valence-corrected chi connectivity index (χ2v) is 7.69. The maximum absolute atomic E-state index is 13.3. The maximum atomic E-state index is 13.3. The molecule has 188 valence electrons. The monoisotopic (exact) mass is 497 g/mol. The van der Waals surface area contributed by atoms with Crippen molar-refractivity contribution in [1.82, 2.24) is 10.2 Å². The van der Waals surface area contributed by atoms with Gasteiger partial charge in [-0.05, 0) is 42.3 Å². The van der Waals surface area contributed by atoms with Crippen molar-refractivity contribution >= 4 is 23.5 Å². The van der Waals surface area contributed by atoms with Gasteiger partial charge in [-0.3, -0.25) is 14.5 Å². The number of hydrogen-bond donors (Lipinski definition) is 2. The molecule has 35 heavy (non-hydrogen) atoms. The number of rotatable bonds is 9. The third-order valence-corrected chi connectivity index (χ3v) is 5.47. The number of carbonyl (C=O) groups excluding carboxylic acids is 3. The molecule has 0 aliphatic carbocycles. The Labute approximate surface area is 198 Å². The van der Waals surface area contributed by atoms with Crippen LogP contribution in [0.1, 0.15) is 24.5 Å². The molecular formula is C23H23F4N3O5. The number of urea groups is 1. The van der Waals surface area contributed by atoms with E-state index in [2.05, 4.69) is 10.6 Å². The predicted molar refractivity (Wildman–Crippen MR) is 116 cm³/mol. The van der Waals surface area contributed by atoms with Gasteiger partial charge in [-0.2, -0.15) is 13.2 Å². The first-order chi connectivity index (χ1) is 16.5. The van der Waals surface area contributed by atoms with Crippen LogP contribution in [0.4, 0.5) is 28.0 Å². The number of halogens is 4. The maximum Gasteiger partial charge on any atom is 0.416 e. The fourth-order valence-electron chi connectivity index (χ4n) is 3.64. The number of hydrogen-bond acceptors (Lipinski definition) is 5. The van der Waals surface area contributed by atoms with Crippen LogP contribution in [-0.2, 0) is 26.0 Å². The van der Waals surface area contributed by atoms with Gasteiger partial charge >= 0.3 is 12.2 Å². The molecule has 0 bridgehead atoms. The third-order valence-electron chi connectivity index (χ3n) is 5.47. The summed E-state index contributed by atoms with van der Waals surface area (Å²) in [4.78, 5) is 39.1. The van der Waals surface area contributed by atoms with E-state index in [0.29, 0.717) is 16.5 Å². The minimum Gasteiger partial charge on any atom is -0.489 e. The van der Waals surface area contributed by atoms with Gasteiger partial charge in [0.05, 0.1) is 17.9 Å². The van der Waals surface area contributed by atoms with Crippen LogP contribution in [0, 0.1) is 5.82 Å². The van der Waals surface area contributed by atoms with E-state index in [1.54, 1.807) is 6.92 Å². The lowest BCUT2D eigenvalue weighted by Gasteiger charge is -2.25. The molecule has 0 unspecified atom stereocenters. The zero-order valence-electron chi connectivity index (χ0n) is 18.9. The van der Waals surface area contributed by atoms with Gasteiger partial charge in [0.2, 0.25) is 5.91 Å². The summed E-state index contributed by atoms with van der Waals surface area (Å²) in [5.41, 5.74) is -2.48. The summed E-state index contributed by atoms with van der Waals surface area (Å²) in [7, 11) is 1.42. The molecule has 2 aromatic carbocycles. The topological polar surface area (TPSA) is 97.0 Å². The van der Waals surface area contributed by atoms with Gasteiger partial charge in [0.25, 0.3) is 5.91 Å². The van der Waals surface area contributed by atoms with Gasteiger partial charge in [-0.25, -0.2) is 9.18 Å². The molecule has 1 fully saturated rings. The third kappa shape index (κ3) is 5.53. The quantitative estimate of drug-likeness (QED) is 0.313. The number of alkyl halides is 3. The SMILES string of the molecule is CC[C@@]1(c2ccc(F)cc2)NC(=O)N(CC(=O)Nc2cc(C(F)(F)F)ccc2OCCOC)C1=O. The number of anilines is 1. The van der Waals surface area contributed by atoms with E-state index in [4.69, 9.17) is 9.47 Å². The molecule has 1 saturated heterocycles. The summed E-state index contributed by atoms with van der Waals surface area (Å²) < 4.78 is 63.1. The first kappa shape index (κ1) is 25.9. The second kappa shape index (κ2) is 10.3. The molecule has 0 aromatic heterocycles. The average molecular weight is 497 g/mol. The van der Waals surface area contributed by atoms with E-state index in [0.717, 1.165) is 24.3 Å². The molecule has 0 radical (unpaired) electrons. The van der Waals surface area contributed by atoms with Crippen molar-refractivity contribution in [2.45, 2.75) is 25.1 Å². The lowest BCUT2D eigenvalue weighted by molar-refractivity contribution is -0.137. The number of imide groups is 1. The van der Waals surface area contributed by atoms with Crippen molar-refractivity contribution < 1.29 is 41.4 Å². The highest BCUT2D eigenvalue weighted by atomic mass is 19.4. The summed E-state index contributed by atoms with van der Waals surface area (Å²) in [6, 6.07) is 6.67. The van der Waals surface area contributed by atoms with Crippen molar-refractivity contribution in [3.05, 3.63) is 59.4 Å². The second-order valence-electron chi connectivity index (χ2n) is 7.69. The molecule has 8 nitrogen and oxygen atoms in total. The number of benzene rings is 2. The lowest BCUT2D eigenvalue weighted by atomic mass is 9.87. The fraction of sp³-hybridized carbons (Fsp3) is 0.348. The van der Waals surface area contributed by atoms with Gasteiger partial charge in [0.1, 0.15) is 30.3 Å². The zero-order valence-corrected chi connectivity index (χ0v) is 18.9. The summed E-state index contributed by atoms with van der Waals surface area (Å²) in [6.45, 7) is 1.03. The van der Waals surface area contributed by atoms with Crippen molar-refractivity contribution in [3.8, 4) is 5.75 Å². The van der Waals surface area contributed by atoms with Crippen molar-refractivity contribution in [2.75, 3.05) is 32.2 Å².